The molecule has 3 nitrogen and oxygen atoms in total. The van der Waals surface area contributed by atoms with Crippen LogP contribution in [-0.4, -0.2) is 24.8 Å². The van der Waals surface area contributed by atoms with Crippen molar-refractivity contribution in [2.75, 3.05) is 0 Å². The highest BCUT2D eigenvalue weighted by atomic mass is 32.2. The molecule has 1 aliphatic heterocycles. The lowest BCUT2D eigenvalue weighted by Gasteiger charge is -2.36. The Kier molecular flexibility index (Phi) is 4.06. The van der Waals surface area contributed by atoms with E-state index in [1.165, 1.54) is 0 Å². The van der Waals surface area contributed by atoms with Crippen molar-refractivity contribution < 1.29 is 8.42 Å². The van der Waals surface area contributed by atoms with Crippen LogP contribution in [0.25, 0.3) is 0 Å². The number of hydrogen-bond donors (Lipinski definition) is 0. The first-order valence-electron chi connectivity index (χ1n) is 7.34. The molecule has 0 fully saturated rings. The van der Waals surface area contributed by atoms with Crippen molar-refractivity contribution >= 4 is 10.0 Å². The summed E-state index contributed by atoms with van der Waals surface area (Å²) in [7, 11) is -3.50. The number of aryl methyl sites for hydroxylation is 1. The summed E-state index contributed by atoms with van der Waals surface area (Å²) in [5.41, 5.74) is 1.77. The third-order valence-corrected chi connectivity index (χ3v) is 6.38. The molecule has 1 aliphatic rings. The molecule has 2 atom stereocenters. The Morgan fingerprint density at radius 1 is 1.10 bits per heavy atom. The van der Waals surface area contributed by atoms with Crippen LogP contribution in [0.5, 0.6) is 0 Å². The molecule has 0 aromatic heterocycles. The minimum atomic E-state index is -3.50. The zero-order valence-electron chi connectivity index (χ0n) is 13.7. The number of sulfonamides is 1. The first kappa shape index (κ1) is 16.2. The van der Waals surface area contributed by atoms with Crippen LogP contribution in [-0.2, 0) is 10.0 Å². The second-order valence-electron chi connectivity index (χ2n) is 7.00. The van der Waals surface area contributed by atoms with Crippen molar-refractivity contribution in [2.45, 2.75) is 58.5 Å². The Morgan fingerprint density at radius 3 is 2.19 bits per heavy atom. The van der Waals surface area contributed by atoms with Gasteiger partial charge in [0, 0.05) is 12.1 Å². The standard InChI is InChI=1S/C17H25NO2S/c1-12-9-7-8-10-15(12)21(19,20)18-14(3)13(2)11-16(18)17(4,5)6/h7-11,14,16H,1-6H3. The molecule has 0 spiro atoms. The summed E-state index contributed by atoms with van der Waals surface area (Å²) >= 11 is 0. The van der Waals surface area contributed by atoms with Crippen LogP contribution in [0.15, 0.2) is 40.8 Å². The summed E-state index contributed by atoms with van der Waals surface area (Å²) in [6, 6.07) is 6.99. The predicted molar refractivity (Wildman–Crippen MR) is 86.7 cm³/mol. The average molecular weight is 307 g/mol. The lowest BCUT2D eigenvalue weighted by molar-refractivity contribution is 0.216. The van der Waals surface area contributed by atoms with Gasteiger partial charge in [0.05, 0.1) is 4.90 Å². The number of rotatable bonds is 2. The summed E-state index contributed by atoms with van der Waals surface area (Å²) in [5.74, 6) is 0. The van der Waals surface area contributed by atoms with Crippen LogP contribution < -0.4 is 0 Å². The Morgan fingerprint density at radius 2 is 1.67 bits per heavy atom. The second-order valence-corrected chi connectivity index (χ2v) is 8.81. The lowest BCUT2D eigenvalue weighted by atomic mass is 9.87. The fourth-order valence-electron chi connectivity index (χ4n) is 2.85. The smallest absolute Gasteiger partial charge is 0.207 e. The van der Waals surface area contributed by atoms with Gasteiger partial charge in [-0.05, 0) is 37.8 Å². The van der Waals surface area contributed by atoms with Crippen LogP contribution in [0.2, 0.25) is 0 Å². The number of hydrogen-bond acceptors (Lipinski definition) is 2. The van der Waals surface area contributed by atoms with Crippen molar-refractivity contribution in [2.24, 2.45) is 5.41 Å². The molecule has 1 aromatic carbocycles. The Labute approximate surface area is 128 Å². The molecule has 0 saturated heterocycles. The normalized spacial score (nSPS) is 24.2. The van der Waals surface area contributed by atoms with E-state index < -0.39 is 10.0 Å². The van der Waals surface area contributed by atoms with E-state index in [-0.39, 0.29) is 17.5 Å². The fourth-order valence-corrected chi connectivity index (χ4v) is 5.06. The summed E-state index contributed by atoms with van der Waals surface area (Å²) in [6.07, 6.45) is 2.10. The van der Waals surface area contributed by atoms with Crippen LogP contribution in [0.4, 0.5) is 0 Å². The molecule has 116 valence electrons. The van der Waals surface area contributed by atoms with Crippen LogP contribution in [0.1, 0.15) is 40.2 Å². The molecule has 2 rings (SSSR count). The second kappa shape index (κ2) is 5.25. The third kappa shape index (κ3) is 2.79. The molecule has 0 N–H and O–H groups in total. The van der Waals surface area contributed by atoms with Crippen LogP contribution in [0.3, 0.4) is 0 Å². The van der Waals surface area contributed by atoms with E-state index in [4.69, 9.17) is 0 Å². The molecule has 0 aliphatic carbocycles. The molecule has 0 amide bonds. The number of benzene rings is 1. The van der Waals surface area contributed by atoms with Crippen molar-refractivity contribution in [1.29, 1.82) is 0 Å². The maximum atomic E-state index is 13.2. The topological polar surface area (TPSA) is 37.4 Å². The molecule has 0 saturated carbocycles. The predicted octanol–water partition coefficient (Wildman–Crippen LogP) is 3.75. The molecule has 0 bridgehead atoms. The van der Waals surface area contributed by atoms with E-state index in [0.29, 0.717) is 4.90 Å². The first-order chi connectivity index (χ1) is 9.56. The minimum absolute atomic E-state index is 0.0983. The molecule has 1 heterocycles. The lowest BCUT2D eigenvalue weighted by Crippen LogP contribution is -2.47. The quantitative estimate of drug-likeness (QED) is 0.780. The third-order valence-electron chi connectivity index (χ3n) is 4.27. The van der Waals surface area contributed by atoms with Crippen LogP contribution in [0, 0.1) is 12.3 Å². The summed E-state index contributed by atoms with van der Waals surface area (Å²) in [5, 5.41) is 0. The molecule has 2 unspecified atom stereocenters. The van der Waals surface area contributed by atoms with Crippen molar-refractivity contribution in [3.8, 4) is 0 Å². The van der Waals surface area contributed by atoms with Gasteiger partial charge in [-0.1, -0.05) is 50.6 Å². The molecule has 4 heteroatoms. The SMILES string of the molecule is CC1=CC(C(C)(C)C)N(S(=O)(=O)c2ccccc2C)C1C. The zero-order valence-corrected chi connectivity index (χ0v) is 14.5. The fraction of sp³-hybridized carbons (Fsp3) is 0.529. The number of nitrogens with zero attached hydrogens (tertiary/aromatic N) is 1. The van der Waals surface area contributed by atoms with Gasteiger partial charge in [-0.25, -0.2) is 8.42 Å². The van der Waals surface area contributed by atoms with E-state index in [9.17, 15) is 8.42 Å². The molecular formula is C17H25NO2S. The van der Waals surface area contributed by atoms with Gasteiger partial charge < -0.3 is 0 Å². The van der Waals surface area contributed by atoms with Gasteiger partial charge >= 0.3 is 0 Å². The van der Waals surface area contributed by atoms with E-state index in [2.05, 4.69) is 26.8 Å². The Hall–Kier alpha value is -1.13. The van der Waals surface area contributed by atoms with Gasteiger partial charge in [0.2, 0.25) is 10.0 Å². The van der Waals surface area contributed by atoms with E-state index >= 15 is 0 Å². The first-order valence-corrected chi connectivity index (χ1v) is 8.78. The van der Waals surface area contributed by atoms with Gasteiger partial charge in [0.15, 0.2) is 0 Å². The summed E-state index contributed by atoms with van der Waals surface area (Å²) in [6.45, 7) is 12.1. The van der Waals surface area contributed by atoms with Gasteiger partial charge in [0.1, 0.15) is 0 Å². The van der Waals surface area contributed by atoms with Gasteiger partial charge in [-0.2, -0.15) is 4.31 Å². The van der Waals surface area contributed by atoms with E-state index in [0.717, 1.165) is 11.1 Å². The van der Waals surface area contributed by atoms with Crippen LogP contribution >= 0.6 is 0 Å². The van der Waals surface area contributed by atoms with Crippen molar-refractivity contribution in [3.05, 3.63) is 41.5 Å². The summed E-state index contributed by atoms with van der Waals surface area (Å²) < 4.78 is 28.0. The van der Waals surface area contributed by atoms with E-state index in [1.807, 2.05) is 32.9 Å². The maximum Gasteiger partial charge on any atom is 0.244 e. The minimum Gasteiger partial charge on any atom is -0.207 e. The monoisotopic (exact) mass is 307 g/mol. The van der Waals surface area contributed by atoms with Gasteiger partial charge in [-0.3, -0.25) is 0 Å². The molecule has 0 radical (unpaired) electrons. The highest BCUT2D eigenvalue weighted by Gasteiger charge is 2.44. The zero-order chi connectivity index (χ0) is 16.0. The molecule has 21 heavy (non-hydrogen) atoms. The highest BCUT2D eigenvalue weighted by molar-refractivity contribution is 7.89. The van der Waals surface area contributed by atoms with Crippen molar-refractivity contribution in [3.63, 3.8) is 0 Å². The van der Waals surface area contributed by atoms with E-state index in [1.54, 1.807) is 16.4 Å². The maximum absolute atomic E-state index is 13.2. The van der Waals surface area contributed by atoms with Gasteiger partial charge in [0.25, 0.3) is 0 Å². The Balaban J connectivity index is 2.56. The Bertz CT molecular complexity index is 668. The van der Waals surface area contributed by atoms with Gasteiger partial charge in [-0.15, -0.1) is 0 Å². The summed E-state index contributed by atoms with van der Waals surface area (Å²) in [4.78, 5) is 0.411. The largest absolute Gasteiger partial charge is 0.244 e. The molecular weight excluding hydrogens is 282 g/mol. The molecule has 1 aromatic rings. The average Bonchev–Trinajstić information content (AvgIpc) is 2.66. The highest BCUT2D eigenvalue weighted by Crippen LogP contribution is 2.39. The van der Waals surface area contributed by atoms with Crippen molar-refractivity contribution in [1.82, 2.24) is 4.31 Å².